The van der Waals surface area contributed by atoms with Gasteiger partial charge in [-0.05, 0) is 96.9 Å². The molecule has 4 aliphatic rings. The Morgan fingerprint density at radius 2 is 1.56 bits per heavy atom. The summed E-state index contributed by atoms with van der Waals surface area (Å²) in [5, 5.41) is 7.70. The molecule has 4 amide bonds. The Bertz CT molecular complexity index is 2440. The van der Waals surface area contributed by atoms with Crippen molar-refractivity contribution < 1.29 is 33.4 Å². The van der Waals surface area contributed by atoms with Crippen molar-refractivity contribution in [1.82, 2.24) is 40.4 Å². The molecule has 1 saturated carbocycles. The van der Waals surface area contributed by atoms with Crippen LogP contribution in [0.5, 0.6) is 0 Å². The van der Waals surface area contributed by atoms with Crippen molar-refractivity contribution in [3.8, 4) is 22.4 Å². The number of amides is 4. The number of aromatic nitrogens is 4. The number of rotatable bonds is 10. The summed E-state index contributed by atoms with van der Waals surface area (Å²) in [5.41, 5.74) is 5.77. The lowest BCUT2D eigenvalue weighted by Crippen LogP contribution is -2.54. The second-order valence-electron chi connectivity index (χ2n) is 17.3. The lowest BCUT2D eigenvalue weighted by molar-refractivity contribution is -0.139. The number of hydrogen-bond donors (Lipinski definition) is 4. The van der Waals surface area contributed by atoms with Gasteiger partial charge in [0.15, 0.2) is 0 Å². The summed E-state index contributed by atoms with van der Waals surface area (Å²) in [6.45, 7) is 5.56. The van der Waals surface area contributed by atoms with Gasteiger partial charge in [0.25, 0.3) is 0 Å². The molecule has 61 heavy (non-hydrogen) atoms. The van der Waals surface area contributed by atoms with E-state index in [9.17, 15) is 19.2 Å². The minimum Gasteiger partial charge on any atom is -0.453 e. The van der Waals surface area contributed by atoms with Crippen molar-refractivity contribution in [3.05, 3.63) is 72.4 Å². The SMILES string of the molecule is COC(=O)NC(C(=O)N1CCC[C@H]1c1nc2ccc3cc(-c4ccc(-c5cnc([C@@H]6[C@H]7CC[C@H](C7)N6C(=O)[C@@H](NC(=O)OC)C(C)C)[nH]5)cc4)ccc3c2[nH]1)C1CCOCC1. The van der Waals surface area contributed by atoms with Gasteiger partial charge < -0.3 is 44.6 Å². The largest absolute Gasteiger partial charge is 0.453 e. The number of nitrogens with zero attached hydrogens (tertiary/aromatic N) is 4. The maximum atomic E-state index is 14.1. The van der Waals surface area contributed by atoms with Crippen LogP contribution >= 0.6 is 0 Å². The molecule has 4 N–H and O–H groups in total. The van der Waals surface area contributed by atoms with Gasteiger partial charge in [0.2, 0.25) is 11.8 Å². The van der Waals surface area contributed by atoms with Crippen LogP contribution in [0, 0.1) is 17.8 Å². The minimum atomic E-state index is -0.691. The fraction of sp³-hybridized carbons (Fsp3) is 0.478. The van der Waals surface area contributed by atoms with E-state index in [4.69, 9.17) is 24.2 Å². The Morgan fingerprint density at radius 3 is 2.31 bits per heavy atom. The Balaban J connectivity index is 0.920. The maximum absolute atomic E-state index is 14.1. The van der Waals surface area contributed by atoms with Crippen LogP contribution in [0.2, 0.25) is 0 Å². The van der Waals surface area contributed by atoms with E-state index in [1.165, 1.54) is 14.2 Å². The van der Waals surface area contributed by atoms with Gasteiger partial charge in [-0.1, -0.05) is 56.3 Å². The smallest absolute Gasteiger partial charge is 0.407 e. The van der Waals surface area contributed by atoms with E-state index in [1.54, 1.807) is 0 Å². The summed E-state index contributed by atoms with van der Waals surface area (Å²) in [7, 11) is 2.62. The second-order valence-corrected chi connectivity index (χ2v) is 17.3. The number of nitrogens with one attached hydrogen (secondary N) is 4. The number of alkyl carbamates (subject to hydrolysis) is 2. The van der Waals surface area contributed by atoms with Crippen LogP contribution in [0.15, 0.2) is 60.8 Å². The van der Waals surface area contributed by atoms with E-state index in [0.717, 1.165) is 87.9 Å². The Hall–Kier alpha value is -5.96. The van der Waals surface area contributed by atoms with Crippen LogP contribution in [-0.4, -0.2) is 106 Å². The topological polar surface area (TPSA) is 184 Å². The fourth-order valence-electron chi connectivity index (χ4n) is 10.3. The summed E-state index contributed by atoms with van der Waals surface area (Å²) in [6.07, 6.45) is 6.53. The molecule has 1 aliphatic carbocycles. The van der Waals surface area contributed by atoms with E-state index in [1.807, 2.05) is 35.9 Å². The molecule has 6 atom stereocenters. The highest BCUT2D eigenvalue weighted by molar-refractivity contribution is 6.05. The first-order valence-corrected chi connectivity index (χ1v) is 21.6. The molecule has 9 rings (SSSR count). The zero-order valence-electron chi connectivity index (χ0n) is 35.1. The summed E-state index contributed by atoms with van der Waals surface area (Å²) in [5.74, 6) is 1.48. The number of imidazole rings is 2. The lowest BCUT2D eigenvalue weighted by Gasteiger charge is -2.37. The number of benzene rings is 3. The van der Waals surface area contributed by atoms with E-state index >= 15 is 0 Å². The Morgan fingerprint density at radius 1 is 0.820 bits per heavy atom. The normalized spacial score (nSPS) is 22.5. The quantitative estimate of drug-likeness (QED) is 0.115. The molecule has 5 heterocycles. The number of methoxy groups -OCH3 is 2. The zero-order valence-corrected chi connectivity index (χ0v) is 35.1. The number of carbonyl (C=O) groups excluding carboxylic acids is 4. The number of piperidine rings is 1. The van der Waals surface area contributed by atoms with Crippen molar-refractivity contribution in [2.75, 3.05) is 34.0 Å². The Labute approximate surface area is 354 Å². The maximum Gasteiger partial charge on any atom is 0.407 e. The fourth-order valence-corrected chi connectivity index (χ4v) is 10.3. The van der Waals surface area contributed by atoms with Crippen molar-refractivity contribution in [3.63, 3.8) is 0 Å². The number of carbonyl (C=O) groups is 4. The molecule has 5 aromatic rings. The first kappa shape index (κ1) is 40.4. The minimum absolute atomic E-state index is 0.0329. The standard InChI is InChI=1S/C46H54N8O7/c1-25(2)37(51-45(57)59-3)44(56)54-32-14-11-31(23-32)40(54)42-47-24-35(49-42)27-9-7-26(8-10-27)29-12-15-33-30(22-29)13-16-34-39(33)50-41(48-34)36-6-5-19-53(36)43(55)38(52-46(58)60-4)28-17-20-61-21-18-28/h7-10,12-13,15-16,22,24-25,28,31-32,36-38,40H,5-6,11,14,17-21,23H2,1-4H3,(H,47,49)(H,48,50)(H,51,57)(H,52,58)/t31-,32+,36-,37-,38?,40-/m0/s1. The average molecular weight is 831 g/mol. The molecule has 0 radical (unpaired) electrons. The van der Waals surface area contributed by atoms with Crippen molar-refractivity contribution in [1.29, 1.82) is 0 Å². The molecule has 15 heteroatoms. The number of ether oxygens (including phenoxy) is 3. The van der Waals surface area contributed by atoms with Crippen LogP contribution in [-0.2, 0) is 23.8 Å². The van der Waals surface area contributed by atoms with Crippen LogP contribution < -0.4 is 10.6 Å². The number of aromatic amines is 2. The number of H-pyrrole nitrogens is 2. The zero-order chi connectivity index (χ0) is 42.4. The summed E-state index contributed by atoms with van der Waals surface area (Å²) in [4.78, 5) is 73.3. The van der Waals surface area contributed by atoms with Gasteiger partial charge in [-0.3, -0.25) is 9.59 Å². The highest BCUT2D eigenvalue weighted by Gasteiger charge is 2.51. The third-order valence-electron chi connectivity index (χ3n) is 13.4. The van der Waals surface area contributed by atoms with Crippen molar-refractivity contribution in [2.45, 2.75) is 89.0 Å². The van der Waals surface area contributed by atoms with E-state index in [0.29, 0.717) is 38.5 Å². The summed E-state index contributed by atoms with van der Waals surface area (Å²) >= 11 is 0. The predicted molar refractivity (Wildman–Crippen MR) is 228 cm³/mol. The third-order valence-corrected chi connectivity index (χ3v) is 13.4. The van der Waals surface area contributed by atoms with E-state index < -0.39 is 24.3 Å². The highest BCUT2D eigenvalue weighted by atomic mass is 16.5. The third kappa shape index (κ3) is 7.68. The van der Waals surface area contributed by atoms with Crippen molar-refractivity contribution >= 4 is 45.8 Å². The molecule has 2 bridgehead atoms. The first-order chi connectivity index (χ1) is 29.6. The molecular weight excluding hydrogens is 777 g/mol. The van der Waals surface area contributed by atoms with E-state index in [2.05, 4.69) is 69.1 Å². The van der Waals surface area contributed by atoms with Gasteiger partial charge in [0, 0.05) is 31.2 Å². The number of hydrogen-bond acceptors (Lipinski definition) is 9. The van der Waals surface area contributed by atoms with Gasteiger partial charge in [-0.15, -0.1) is 0 Å². The first-order valence-electron chi connectivity index (χ1n) is 21.6. The molecular formula is C46H54N8O7. The van der Waals surface area contributed by atoms with Gasteiger partial charge in [0.05, 0.1) is 49.2 Å². The molecule has 2 aromatic heterocycles. The molecule has 3 saturated heterocycles. The lowest BCUT2D eigenvalue weighted by atomic mass is 9.90. The number of fused-ring (bicyclic) bond motifs is 5. The average Bonchev–Trinajstić information content (AvgIpc) is 4.15. The molecule has 4 fully saturated rings. The molecule has 0 spiro atoms. The predicted octanol–water partition coefficient (Wildman–Crippen LogP) is 7.02. The van der Waals surface area contributed by atoms with Gasteiger partial charge in [-0.2, -0.15) is 0 Å². The highest BCUT2D eigenvalue weighted by Crippen LogP contribution is 2.50. The molecule has 3 aromatic carbocycles. The van der Waals surface area contributed by atoms with Crippen LogP contribution in [0.4, 0.5) is 9.59 Å². The van der Waals surface area contributed by atoms with E-state index in [-0.39, 0.29) is 41.8 Å². The molecule has 320 valence electrons. The number of likely N-dealkylation sites (tertiary alicyclic amines) is 2. The Kier molecular flexibility index (Phi) is 11.2. The molecule has 1 unspecified atom stereocenters. The van der Waals surface area contributed by atoms with Crippen LogP contribution in [0.25, 0.3) is 44.2 Å². The molecule has 3 aliphatic heterocycles. The van der Waals surface area contributed by atoms with Crippen LogP contribution in [0.1, 0.15) is 82.5 Å². The molecule has 15 nitrogen and oxygen atoms in total. The van der Waals surface area contributed by atoms with Crippen molar-refractivity contribution in [2.24, 2.45) is 17.8 Å². The summed E-state index contributed by atoms with van der Waals surface area (Å²) < 4.78 is 15.3. The van der Waals surface area contributed by atoms with Gasteiger partial charge in [-0.25, -0.2) is 19.6 Å². The second kappa shape index (κ2) is 16.8. The monoisotopic (exact) mass is 830 g/mol. The summed E-state index contributed by atoms with van der Waals surface area (Å²) in [6, 6.07) is 17.2. The van der Waals surface area contributed by atoms with Gasteiger partial charge in [0.1, 0.15) is 23.7 Å². The van der Waals surface area contributed by atoms with Gasteiger partial charge >= 0.3 is 12.2 Å². The van der Waals surface area contributed by atoms with Crippen LogP contribution in [0.3, 0.4) is 0 Å².